The van der Waals surface area contributed by atoms with Gasteiger partial charge in [0.15, 0.2) is 11.6 Å². The van der Waals surface area contributed by atoms with Gasteiger partial charge >= 0.3 is 5.97 Å². The summed E-state index contributed by atoms with van der Waals surface area (Å²) in [6.45, 7) is 0. The molecule has 0 saturated heterocycles. The Morgan fingerprint density at radius 1 is 1.08 bits per heavy atom. The van der Waals surface area contributed by atoms with Gasteiger partial charge in [-0.1, -0.05) is 29.8 Å². The molecule has 5 nitrogen and oxygen atoms in total. The van der Waals surface area contributed by atoms with E-state index in [9.17, 15) is 14.3 Å². The van der Waals surface area contributed by atoms with Gasteiger partial charge in [0.1, 0.15) is 11.3 Å². The summed E-state index contributed by atoms with van der Waals surface area (Å²) in [4.78, 5) is 15.6. The van der Waals surface area contributed by atoms with E-state index in [0.717, 1.165) is 0 Å². The lowest BCUT2D eigenvalue weighted by molar-refractivity contribution is 0.0693. The number of aromatic nitrogens is 1. The summed E-state index contributed by atoms with van der Waals surface area (Å²) < 4.78 is 25.0. The molecule has 3 aromatic rings. The molecule has 0 aliphatic carbocycles. The van der Waals surface area contributed by atoms with Gasteiger partial charge in [0.2, 0.25) is 5.88 Å². The van der Waals surface area contributed by atoms with Gasteiger partial charge in [-0.25, -0.2) is 14.2 Å². The molecule has 0 saturated carbocycles. The number of carbonyl (C=O) groups is 1. The summed E-state index contributed by atoms with van der Waals surface area (Å²) in [5.41, 5.74) is 0.190. The fourth-order valence-corrected chi connectivity index (χ4v) is 2.50. The highest BCUT2D eigenvalue weighted by atomic mass is 35.5. The van der Waals surface area contributed by atoms with Crippen molar-refractivity contribution in [2.24, 2.45) is 0 Å². The minimum absolute atomic E-state index is 0.0557. The second-order valence-electron chi connectivity index (χ2n) is 5.21. The van der Waals surface area contributed by atoms with Crippen molar-refractivity contribution in [3.05, 3.63) is 71.0 Å². The van der Waals surface area contributed by atoms with Crippen LogP contribution in [0.25, 0.3) is 11.3 Å². The highest BCUT2D eigenvalue weighted by Gasteiger charge is 2.19. The zero-order valence-corrected chi connectivity index (χ0v) is 14.3. The smallest absolute Gasteiger partial charge is 0.341 e. The molecule has 7 heteroatoms. The Kier molecular flexibility index (Phi) is 5.04. The van der Waals surface area contributed by atoms with Crippen LogP contribution in [0, 0.1) is 5.82 Å². The highest BCUT2D eigenvalue weighted by molar-refractivity contribution is 6.32. The van der Waals surface area contributed by atoms with Gasteiger partial charge < -0.3 is 14.6 Å². The van der Waals surface area contributed by atoms with E-state index in [0.29, 0.717) is 5.02 Å². The number of halogens is 2. The van der Waals surface area contributed by atoms with Crippen molar-refractivity contribution in [3.63, 3.8) is 0 Å². The van der Waals surface area contributed by atoms with E-state index < -0.39 is 11.8 Å². The lowest BCUT2D eigenvalue weighted by atomic mass is 10.1. The fourth-order valence-electron chi connectivity index (χ4n) is 2.33. The first-order valence-corrected chi connectivity index (χ1v) is 7.88. The fraction of sp³-hybridized carbons (Fsp3) is 0.0526. The van der Waals surface area contributed by atoms with Gasteiger partial charge in [0.05, 0.1) is 17.8 Å². The number of para-hydroxylation sites is 1. The molecule has 0 bridgehead atoms. The average Bonchev–Trinajstić information content (AvgIpc) is 2.63. The van der Waals surface area contributed by atoms with Crippen molar-refractivity contribution in [2.45, 2.75) is 0 Å². The predicted molar refractivity (Wildman–Crippen MR) is 94.7 cm³/mol. The Morgan fingerprint density at radius 3 is 2.50 bits per heavy atom. The highest BCUT2D eigenvalue weighted by Crippen LogP contribution is 2.33. The molecule has 0 fully saturated rings. The van der Waals surface area contributed by atoms with E-state index >= 15 is 0 Å². The van der Waals surface area contributed by atoms with Crippen LogP contribution in [0.1, 0.15) is 10.4 Å². The van der Waals surface area contributed by atoms with Crippen LogP contribution in [0.15, 0.2) is 54.6 Å². The third kappa shape index (κ3) is 3.45. The van der Waals surface area contributed by atoms with E-state index in [4.69, 9.17) is 21.1 Å². The minimum Gasteiger partial charge on any atom is -0.494 e. The first-order chi connectivity index (χ1) is 12.5. The number of aromatic carboxylic acids is 1. The van der Waals surface area contributed by atoms with Crippen molar-refractivity contribution < 1.29 is 23.8 Å². The zero-order valence-electron chi connectivity index (χ0n) is 13.6. The summed E-state index contributed by atoms with van der Waals surface area (Å²) in [5.74, 6) is -1.72. The number of hydrogen-bond donors (Lipinski definition) is 1. The maximum Gasteiger partial charge on any atom is 0.341 e. The third-order valence-electron chi connectivity index (χ3n) is 3.59. The monoisotopic (exact) mass is 373 g/mol. The molecule has 0 amide bonds. The Morgan fingerprint density at radius 2 is 1.81 bits per heavy atom. The van der Waals surface area contributed by atoms with Crippen molar-refractivity contribution in [1.82, 2.24) is 4.98 Å². The number of carboxylic acids is 1. The molecule has 2 aromatic carbocycles. The summed E-state index contributed by atoms with van der Waals surface area (Å²) in [7, 11) is 1.36. The van der Waals surface area contributed by atoms with Gasteiger partial charge in [0.25, 0.3) is 0 Å². The van der Waals surface area contributed by atoms with Crippen LogP contribution in [0.2, 0.25) is 5.02 Å². The number of carboxylic acid groups (broad SMARTS) is 1. The minimum atomic E-state index is -1.22. The Hall–Kier alpha value is -3.12. The second kappa shape index (κ2) is 7.41. The molecule has 26 heavy (non-hydrogen) atoms. The molecule has 1 N–H and O–H groups in total. The van der Waals surface area contributed by atoms with Crippen LogP contribution in [-0.4, -0.2) is 23.2 Å². The molecule has 1 heterocycles. The first kappa shape index (κ1) is 17.7. The van der Waals surface area contributed by atoms with Gasteiger partial charge in [0, 0.05) is 5.56 Å². The van der Waals surface area contributed by atoms with Gasteiger partial charge in [-0.3, -0.25) is 0 Å². The van der Waals surface area contributed by atoms with Gasteiger partial charge in [-0.15, -0.1) is 0 Å². The van der Waals surface area contributed by atoms with Crippen LogP contribution in [-0.2, 0) is 0 Å². The van der Waals surface area contributed by atoms with Gasteiger partial charge in [-0.2, -0.15) is 0 Å². The zero-order chi connectivity index (χ0) is 18.7. The number of methoxy groups -OCH3 is 1. The SMILES string of the molecule is COc1cccc(-c2ccc(C(=O)O)c(Oc3ccccc3Cl)n2)c1F. The molecule has 0 spiro atoms. The number of rotatable bonds is 5. The van der Waals surface area contributed by atoms with Crippen molar-refractivity contribution in [2.75, 3.05) is 7.11 Å². The molecule has 3 rings (SSSR count). The molecule has 0 unspecified atom stereocenters. The van der Waals surface area contributed by atoms with Crippen molar-refractivity contribution >= 4 is 17.6 Å². The van der Waals surface area contributed by atoms with Crippen LogP contribution in [0.5, 0.6) is 17.4 Å². The quantitative estimate of drug-likeness (QED) is 0.678. The van der Waals surface area contributed by atoms with E-state index in [1.807, 2.05) is 0 Å². The second-order valence-corrected chi connectivity index (χ2v) is 5.62. The molecule has 132 valence electrons. The summed E-state index contributed by atoms with van der Waals surface area (Å²) in [5, 5.41) is 9.66. The molecule has 0 atom stereocenters. The van der Waals surface area contributed by atoms with Crippen LogP contribution in [0.3, 0.4) is 0 Å². The first-order valence-electron chi connectivity index (χ1n) is 7.51. The van der Waals surface area contributed by atoms with E-state index in [1.54, 1.807) is 30.3 Å². The summed E-state index contributed by atoms with van der Waals surface area (Å²) in [6, 6.07) is 13.9. The largest absolute Gasteiger partial charge is 0.494 e. The third-order valence-corrected chi connectivity index (χ3v) is 3.91. The molecule has 0 aliphatic heterocycles. The number of hydrogen-bond acceptors (Lipinski definition) is 4. The maximum atomic E-state index is 14.5. The van der Waals surface area contributed by atoms with Crippen molar-refractivity contribution in [1.29, 1.82) is 0 Å². The lowest BCUT2D eigenvalue weighted by Crippen LogP contribution is -2.03. The Bertz CT molecular complexity index is 978. The molecular formula is C19H13ClFNO4. The molecule has 0 aliphatic rings. The average molecular weight is 374 g/mol. The van der Waals surface area contributed by atoms with Crippen LogP contribution < -0.4 is 9.47 Å². The number of pyridine rings is 1. The van der Waals surface area contributed by atoms with Crippen LogP contribution >= 0.6 is 11.6 Å². The van der Waals surface area contributed by atoms with E-state index in [-0.39, 0.29) is 34.2 Å². The molecular weight excluding hydrogens is 361 g/mol. The summed E-state index contributed by atoms with van der Waals surface area (Å²) >= 11 is 6.05. The van der Waals surface area contributed by atoms with E-state index in [2.05, 4.69) is 4.98 Å². The Balaban J connectivity index is 2.10. The standard InChI is InChI=1S/C19H13ClFNO4/c1-25-16-8-4-5-11(17(16)21)14-10-9-12(19(23)24)18(22-14)26-15-7-3-2-6-13(15)20/h2-10H,1H3,(H,23,24). The normalized spacial score (nSPS) is 10.4. The Labute approximate surface area is 153 Å². The van der Waals surface area contributed by atoms with Crippen molar-refractivity contribution in [3.8, 4) is 28.6 Å². The topological polar surface area (TPSA) is 68.7 Å². The number of benzene rings is 2. The molecule has 1 aromatic heterocycles. The number of nitrogens with zero attached hydrogens (tertiary/aromatic N) is 1. The maximum absolute atomic E-state index is 14.5. The van der Waals surface area contributed by atoms with Crippen LogP contribution in [0.4, 0.5) is 4.39 Å². The van der Waals surface area contributed by atoms with E-state index in [1.165, 1.54) is 31.4 Å². The number of ether oxygens (including phenoxy) is 2. The predicted octanol–water partition coefficient (Wildman–Crippen LogP) is 5.04. The lowest BCUT2D eigenvalue weighted by Gasteiger charge is -2.12. The molecule has 0 radical (unpaired) electrons. The van der Waals surface area contributed by atoms with Gasteiger partial charge in [-0.05, 0) is 36.4 Å². The summed E-state index contributed by atoms with van der Waals surface area (Å²) in [6.07, 6.45) is 0.